The van der Waals surface area contributed by atoms with Crippen LogP contribution in [-0.2, 0) is 0 Å². The fourth-order valence-electron chi connectivity index (χ4n) is 2.29. The Bertz CT molecular complexity index is 632. The lowest BCUT2D eigenvalue weighted by molar-refractivity contribution is 0.823. The van der Waals surface area contributed by atoms with Crippen molar-refractivity contribution in [2.75, 3.05) is 0 Å². The Labute approximate surface area is 107 Å². The van der Waals surface area contributed by atoms with Crippen molar-refractivity contribution in [3.8, 4) is 5.69 Å². The van der Waals surface area contributed by atoms with Crippen LogP contribution in [0.4, 0.5) is 0 Å². The van der Waals surface area contributed by atoms with Crippen LogP contribution >= 0.6 is 0 Å². The van der Waals surface area contributed by atoms with Crippen LogP contribution in [0, 0.1) is 20.8 Å². The highest BCUT2D eigenvalue weighted by atomic mass is 16.1. The van der Waals surface area contributed by atoms with Gasteiger partial charge < -0.3 is 0 Å². The van der Waals surface area contributed by atoms with Crippen molar-refractivity contribution in [2.45, 2.75) is 40.5 Å². The highest BCUT2D eigenvalue weighted by Gasteiger charge is 2.15. The van der Waals surface area contributed by atoms with Gasteiger partial charge in [-0.15, -0.1) is 0 Å². The molecule has 0 unspecified atom stereocenters. The van der Waals surface area contributed by atoms with Gasteiger partial charge >= 0.3 is 0 Å². The minimum absolute atomic E-state index is 0.0609. The molecule has 1 aromatic heterocycles. The first-order valence-corrected chi connectivity index (χ1v) is 6.31. The molecular formula is C15H20N2O. The first kappa shape index (κ1) is 12.7. The Morgan fingerprint density at radius 1 is 1.11 bits per heavy atom. The van der Waals surface area contributed by atoms with Crippen LogP contribution in [0.15, 0.2) is 23.0 Å². The van der Waals surface area contributed by atoms with Gasteiger partial charge in [-0.1, -0.05) is 19.9 Å². The SMILES string of the molecule is Cc1ccc(-n2[nH]c(C)c(C(C)C)c2=O)cc1C. The van der Waals surface area contributed by atoms with E-state index >= 15 is 0 Å². The zero-order valence-corrected chi connectivity index (χ0v) is 11.7. The Morgan fingerprint density at radius 3 is 2.28 bits per heavy atom. The summed E-state index contributed by atoms with van der Waals surface area (Å²) in [6, 6.07) is 6.06. The fourth-order valence-corrected chi connectivity index (χ4v) is 2.29. The molecule has 1 heterocycles. The molecule has 3 nitrogen and oxygen atoms in total. The predicted molar refractivity (Wildman–Crippen MR) is 74.7 cm³/mol. The number of aromatic nitrogens is 2. The van der Waals surface area contributed by atoms with Crippen molar-refractivity contribution in [1.82, 2.24) is 9.78 Å². The molecule has 0 aliphatic rings. The maximum absolute atomic E-state index is 12.4. The highest BCUT2D eigenvalue weighted by molar-refractivity contribution is 5.40. The molecule has 0 atom stereocenters. The molecule has 0 radical (unpaired) electrons. The van der Waals surface area contributed by atoms with E-state index in [1.807, 2.05) is 39.0 Å². The van der Waals surface area contributed by atoms with E-state index in [1.54, 1.807) is 4.68 Å². The number of rotatable bonds is 2. The zero-order chi connectivity index (χ0) is 13.4. The monoisotopic (exact) mass is 244 g/mol. The largest absolute Gasteiger partial charge is 0.295 e. The Balaban J connectivity index is 2.62. The molecule has 0 aliphatic heterocycles. The second-order valence-electron chi connectivity index (χ2n) is 5.21. The molecule has 1 N–H and O–H groups in total. The normalized spacial score (nSPS) is 11.2. The maximum atomic E-state index is 12.4. The summed E-state index contributed by atoms with van der Waals surface area (Å²) >= 11 is 0. The lowest BCUT2D eigenvalue weighted by Crippen LogP contribution is -2.18. The number of hydrogen-bond donors (Lipinski definition) is 1. The molecule has 0 fully saturated rings. The summed E-state index contributed by atoms with van der Waals surface area (Å²) < 4.78 is 1.64. The van der Waals surface area contributed by atoms with Gasteiger partial charge in [-0.25, -0.2) is 4.68 Å². The Hall–Kier alpha value is -1.77. The number of aromatic amines is 1. The number of H-pyrrole nitrogens is 1. The van der Waals surface area contributed by atoms with E-state index in [0.29, 0.717) is 0 Å². The van der Waals surface area contributed by atoms with Gasteiger partial charge in [0.15, 0.2) is 0 Å². The van der Waals surface area contributed by atoms with E-state index in [2.05, 4.69) is 18.9 Å². The quantitative estimate of drug-likeness (QED) is 0.865. The number of benzene rings is 1. The summed E-state index contributed by atoms with van der Waals surface area (Å²) in [5.41, 5.74) is 5.21. The van der Waals surface area contributed by atoms with Crippen molar-refractivity contribution in [3.63, 3.8) is 0 Å². The standard InChI is InChI=1S/C15H20N2O/c1-9(2)14-12(5)16-17(15(14)18)13-7-6-10(3)11(4)8-13/h6-9,16H,1-5H3. The van der Waals surface area contributed by atoms with Gasteiger partial charge in [-0.05, 0) is 49.9 Å². The van der Waals surface area contributed by atoms with Crippen LogP contribution in [0.3, 0.4) is 0 Å². The van der Waals surface area contributed by atoms with Gasteiger partial charge in [-0.2, -0.15) is 0 Å². The van der Waals surface area contributed by atoms with Crippen molar-refractivity contribution in [3.05, 3.63) is 50.9 Å². The van der Waals surface area contributed by atoms with Gasteiger partial charge in [0.25, 0.3) is 5.56 Å². The number of nitrogens with one attached hydrogen (secondary N) is 1. The fraction of sp³-hybridized carbons (Fsp3) is 0.400. The van der Waals surface area contributed by atoms with Crippen LogP contribution in [0.25, 0.3) is 5.69 Å². The van der Waals surface area contributed by atoms with E-state index in [4.69, 9.17) is 0 Å². The Morgan fingerprint density at radius 2 is 1.78 bits per heavy atom. The topological polar surface area (TPSA) is 37.8 Å². The third-order valence-electron chi connectivity index (χ3n) is 3.44. The summed E-state index contributed by atoms with van der Waals surface area (Å²) in [7, 11) is 0. The third kappa shape index (κ3) is 2.01. The molecule has 2 aromatic rings. The molecule has 0 saturated heterocycles. The number of hydrogen-bond acceptors (Lipinski definition) is 1. The zero-order valence-electron chi connectivity index (χ0n) is 11.7. The first-order chi connectivity index (χ1) is 8.41. The van der Waals surface area contributed by atoms with Gasteiger partial charge in [0.05, 0.1) is 5.69 Å². The average Bonchev–Trinajstić information content (AvgIpc) is 2.58. The van der Waals surface area contributed by atoms with E-state index < -0.39 is 0 Å². The summed E-state index contributed by atoms with van der Waals surface area (Å²) in [6.07, 6.45) is 0. The van der Waals surface area contributed by atoms with Crippen molar-refractivity contribution < 1.29 is 0 Å². The second kappa shape index (κ2) is 4.48. The number of nitrogens with zero attached hydrogens (tertiary/aromatic N) is 1. The predicted octanol–water partition coefficient (Wildman–Crippen LogP) is 3.21. The third-order valence-corrected chi connectivity index (χ3v) is 3.44. The van der Waals surface area contributed by atoms with Gasteiger partial charge in [-0.3, -0.25) is 9.89 Å². The molecule has 18 heavy (non-hydrogen) atoms. The first-order valence-electron chi connectivity index (χ1n) is 6.31. The molecular weight excluding hydrogens is 224 g/mol. The minimum Gasteiger partial charge on any atom is -0.295 e. The van der Waals surface area contributed by atoms with E-state index in [9.17, 15) is 4.79 Å². The molecule has 1 aromatic carbocycles. The molecule has 0 saturated carbocycles. The van der Waals surface area contributed by atoms with Crippen LogP contribution in [0.5, 0.6) is 0 Å². The Kier molecular flexibility index (Phi) is 3.16. The van der Waals surface area contributed by atoms with Gasteiger partial charge in [0.1, 0.15) is 0 Å². The molecule has 0 aliphatic carbocycles. The molecule has 0 amide bonds. The lowest BCUT2D eigenvalue weighted by atomic mass is 10.0. The molecule has 3 heteroatoms. The maximum Gasteiger partial charge on any atom is 0.274 e. The summed E-state index contributed by atoms with van der Waals surface area (Å²) in [4.78, 5) is 12.4. The van der Waals surface area contributed by atoms with E-state index in [-0.39, 0.29) is 11.5 Å². The number of aryl methyl sites for hydroxylation is 3. The smallest absolute Gasteiger partial charge is 0.274 e. The summed E-state index contributed by atoms with van der Waals surface area (Å²) in [6.45, 7) is 10.2. The van der Waals surface area contributed by atoms with Crippen LogP contribution in [-0.4, -0.2) is 9.78 Å². The average molecular weight is 244 g/mol. The minimum atomic E-state index is 0.0609. The van der Waals surface area contributed by atoms with Crippen LogP contribution < -0.4 is 5.56 Å². The van der Waals surface area contributed by atoms with Crippen LogP contribution in [0.2, 0.25) is 0 Å². The highest BCUT2D eigenvalue weighted by Crippen LogP contribution is 2.16. The van der Waals surface area contributed by atoms with Crippen molar-refractivity contribution >= 4 is 0 Å². The van der Waals surface area contributed by atoms with Gasteiger partial charge in [0, 0.05) is 11.3 Å². The van der Waals surface area contributed by atoms with Crippen molar-refractivity contribution in [2.24, 2.45) is 0 Å². The summed E-state index contributed by atoms with van der Waals surface area (Å²) in [5.74, 6) is 0.238. The van der Waals surface area contributed by atoms with Gasteiger partial charge in [0.2, 0.25) is 0 Å². The van der Waals surface area contributed by atoms with E-state index in [0.717, 1.165) is 16.9 Å². The molecule has 0 bridgehead atoms. The lowest BCUT2D eigenvalue weighted by Gasteiger charge is -2.05. The molecule has 2 rings (SSSR count). The molecule has 0 spiro atoms. The van der Waals surface area contributed by atoms with E-state index in [1.165, 1.54) is 11.1 Å². The van der Waals surface area contributed by atoms with Crippen LogP contribution in [0.1, 0.15) is 42.1 Å². The molecule has 96 valence electrons. The van der Waals surface area contributed by atoms with Crippen molar-refractivity contribution in [1.29, 1.82) is 0 Å². The summed E-state index contributed by atoms with van der Waals surface area (Å²) in [5, 5.41) is 3.16. The second-order valence-corrected chi connectivity index (χ2v) is 5.21.